The number of amides is 1. The highest BCUT2D eigenvalue weighted by Gasteiger charge is 2.31. The fourth-order valence-corrected chi connectivity index (χ4v) is 2.72. The number of carbonyl (C=O) groups excluding carboxylic acids is 1. The van der Waals surface area contributed by atoms with Crippen molar-refractivity contribution >= 4 is 11.9 Å². The average Bonchev–Trinajstić information content (AvgIpc) is 2.61. The first-order chi connectivity index (χ1) is 11.6. The highest BCUT2D eigenvalue weighted by Crippen LogP contribution is 2.25. The summed E-state index contributed by atoms with van der Waals surface area (Å²) < 4.78 is 15.4. The van der Waals surface area contributed by atoms with Crippen LogP contribution in [0, 0.1) is 11.8 Å². The summed E-state index contributed by atoms with van der Waals surface area (Å²) in [5, 5.41) is 12.1. The minimum Gasteiger partial charge on any atom is -0.481 e. The molecule has 0 radical (unpaired) electrons. The number of hydrogen-bond acceptors (Lipinski definition) is 7. The lowest BCUT2D eigenvalue weighted by Crippen LogP contribution is -2.39. The molecule has 1 aromatic heterocycles. The Morgan fingerprint density at radius 2 is 1.88 bits per heavy atom. The second-order valence-corrected chi connectivity index (χ2v) is 5.37. The van der Waals surface area contributed by atoms with Crippen molar-refractivity contribution in [3.8, 4) is 11.8 Å². The molecule has 0 aliphatic carbocycles. The van der Waals surface area contributed by atoms with Crippen LogP contribution < -0.4 is 14.8 Å². The number of hydrogen-bond donors (Lipinski definition) is 2. The standard InChI is InChI=1S/C15H21N3O6/c1-22-13-11(14(23-2)18-8-17-13)12(19)16-7-10(15(20)21)9-3-5-24-6-4-9/h8-10H,3-7H2,1-2H3,(H,16,19)(H,20,21). The maximum Gasteiger partial charge on any atom is 0.308 e. The second kappa shape index (κ2) is 8.44. The number of rotatable bonds is 7. The minimum absolute atomic E-state index is 0.0000359. The number of carboxylic acid groups (broad SMARTS) is 1. The SMILES string of the molecule is COc1ncnc(OC)c1C(=O)NCC(C(=O)O)C1CCOCC1. The molecule has 0 spiro atoms. The third-order valence-corrected chi connectivity index (χ3v) is 4.03. The van der Waals surface area contributed by atoms with Crippen molar-refractivity contribution in [1.82, 2.24) is 15.3 Å². The van der Waals surface area contributed by atoms with Gasteiger partial charge in [-0.3, -0.25) is 9.59 Å². The topological polar surface area (TPSA) is 120 Å². The van der Waals surface area contributed by atoms with Crippen LogP contribution in [0.5, 0.6) is 11.8 Å². The maximum absolute atomic E-state index is 12.4. The molecule has 1 aromatic rings. The van der Waals surface area contributed by atoms with Crippen LogP contribution >= 0.6 is 0 Å². The molecule has 1 aliphatic rings. The van der Waals surface area contributed by atoms with Gasteiger partial charge < -0.3 is 24.6 Å². The van der Waals surface area contributed by atoms with Crippen LogP contribution in [0.2, 0.25) is 0 Å². The van der Waals surface area contributed by atoms with E-state index in [-0.39, 0.29) is 29.8 Å². The molecule has 9 heteroatoms. The molecule has 9 nitrogen and oxygen atoms in total. The Balaban J connectivity index is 2.09. The second-order valence-electron chi connectivity index (χ2n) is 5.37. The van der Waals surface area contributed by atoms with Crippen LogP contribution in [0.1, 0.15) is 23.2 Å². The molecule has 1 amide bonds. The Kier molecular flexibility index (Phi) is 6.30. The highest BCUT2D eigenvalue weighted by molar-refractivity contribution is 5.98. The Hall–Kier alpha value is -2.42. The van der Waals surface area contributed by atoms with E-state index in [4.69, 9.17) is 14.2 Å². The van der Waals surface area contributed by atoms with E-state index >= 15 is 0 Å². The predicted molar refractivity (Wildman–Crippen MR) is 82.1 cm³/mol. The van der Waals surface area contributed by atoms with Crippen molar-refractivity contribution in [1.29, 1.82) is 0 Å². The summed E-state index contributed by atoms with van der Waals surface area (Å²) in [7, 11) is 2.75. The van der Waals surface area contributed by atoms with Crippen LogP contribution in [-0.4, -0.2) is 60.9 Å². The molecule has 1 fully saturated rings. The third-order valence-electron chi connectivity index (χ3n) is 4.03. The van der Waals surface area contributed by atoms with Crippen LogP contribution in [0.4, 0.5) is 0 Å². The first-order valence-corrected chi connectivity index (χ1v) is 7.60. The van der Waals surface area contributed by atoms with Gasteiger partial charge in [0.1, 0.15) is 6.33 Å². The zero-order valence-electron chi connectivity index (χ0n) is 13.7. The number of nitrogens with one attached hydrogen (secondary N) is 1. The predicted octanol–water partition coefficient (Wildman–Crippen LogP) is 0.351. The summed E-state index contributed by atoms with van der Waals surface area (Å²) in [4.78, 5) is 31.7. The molecular weight excluding hydrogens is 318 g/mol. The summed E-state index contributed by atoms with van der Waals surface area (Å²) >= 11 is 0. The summed E-state index contributed by atoms with van der Waals surface area (Å²) in [5.41, 5.74) is 0.0404. The number of carboxylic acids is 1. The van der Waals surface area contributed by atoms with Gasteiger partial charge in [0, 0.05) is 19.8 Å². The minimum atomic E-state index is -0.939. The van der Waals surface area contributed by atoms with Crippen molar-refractivity contribution in [3.05, 3.63) is 11.9 Å². The Morgan fingerprint density at radius 3 is 2.38 bits per heavy atom. The van der Waals surface area contributed by atoms with Gasteiger partial charge in [-0.05, 0) is 18.8 Å². The van der Waals surface area contributed by atoms with Crippen molar-refractivity contribution in [2.45, 2.75) is 12.8 Å². The van der Waals surface area contributed by atoms with Gasteiger partial charge in [0.05, 0.1) is 20.1 Å². The fourth-order valence-electron chi connectivity index (χ4n) is 2.72. The first-order valence-electron chi connectivity index (χ1n) is 7.60. The Labute approximate surface area is 139 Å². The van der Waals surface area contributed by atoms with Crippen molar-refractivity contribution in [2.24, 2.45) is 11.8 Å². The van der Waals surface area contributed by atoms with Crippen LogP contribution in [-0.2, 0) is 9.53 Å². The van der Waals surface area contributed by atoms with Gasteiger partial charge >= 0.3 is 5.97 Å². The van der Waals surface area contributed by atoms with Crippen LogP contribution in [0.3, 0.4) is 0 Å². The van der Waals surface area contributed by atoms with E-state index in [9.17, 15) is 14.7 Å². The molecule has 0 saturated carbocycles. The van der Waals surface area contributed by atoms with E-state index in [0.717, 1.165) is 0 Å². The average molecular weight is 339 g/mol. The third kappa shape index (κ3) is 4.10. The van der Waals surface area contributed by atoms with E-state index in [2.05, 4.69) is 15.3 Å². The molecule has 0 bridgehead atoms. The van der Waals surface area contributed by atoms with Gasteiger partial charge in [0.2, 0.25) is 11.8 Å². The lowest BCUT2D eigenvalue weighted by atomic mass is 9.86. The molecule has 2 heterocycles. The highest BCUT2D eigenvalue weighted by atomic mass is 16.5. The largest absolute Gasteiger partial charge is 0.481 e. The van der Waals surface area contributed by atoms with Crippen LogP contribution in [0.25, 0.3) is 0 Å². The summed E-state index contributed by atoms with van der Waals surface area (Å²) in [5.74, 6) is -2.06. The number of methoxy groups -OCH3 is 2. The molecule has 1 unspecified atom stereocenters. The lowest BCUT2D eigenvalue weighted by Gasteiger charge is -2.27. The van der Waals surface area contributed by atoms with Gasteiger partial charge in [-0.1, -0.05) is 0 Å². The molecule has 2 rings (SSSR count). The van der Waals surface area contributed by atoms with Gasteiger partial charge in [0.15, 0.2) is 5.56 Å². The van der Waals surface area contributed by atoms with Gasteiger partial charge in [-0.25, -0.2) is 9.97 Å². The fraction of sp³-hybridized carbons (Fsp3) is 0.600. The first kappa shape index (κ1) is 17.9. The molecule has 24 heavy (non-hydrogen) atoms. The zero-order chi connectivity index (χ0) is 17.5. The smallest absolute Gasteiger partial charge is 0.308 e. The number of carbonyl (C=O) groups is 2. The molecule has 0 aromatic carbocycles. The monoisotopic (exact) mass is 339 g/mol. The molecule has 2 N–H and O–H groups in total. The van der Waals surface area contributed by atoms with Crippen molar-refractivity contribution < 1.29 is 28.9 Å². The normalized spacial score (nSPS) is 16.2. The van der Waals surface area contributed by atoms with E-state index in [1.54, 1.807) is 0 Å². The molecule has 1 saturated heterocycles. The van der Waals surface area contributed by atoms with Crippen LogP contribution in [0.15, 0.2) is 6.33 Å². The molecule has 1 atom stereocenters. The number of aliphatic carboxylic acids is 1. The lowest BCUT2D eigenvalue weighted by molar-refractivity contribution is -0.144. The number of nitrogens with zero attached hydrogens (tertiary/aromatic N) is 2. The molecular formula is C15H21N3O6. The summed E-state index contributed by atoms with van der Waals surface area (Å²) in [6.45, 7) is 1.08. The van der Waals surface area contributed by atoms with E-state index in [1.807, 2.05) is 0 Å². The maximum atomic E-state index is 12.4. The number of ether oxygens (including phenoxy) is 3. The van der Waals surface area contributed by atoms with Gasteiger partial charge in [-0.15, -0.1) is 0 Å². The Morgan fingerprint density at radius 1 is 1.29 bits per heavy atom. The van der Waals surface area contributed by atoms with Gasteiger partial charge in [0.25, 0.3) is 5.91 Å². The zero-order valence-corrected chi connectivity index (χ0v) is 13.7. The number of aromatic nitrogens is 2. The van der Waals surface area contributed by atoms with Gasteiger partial charge in [-0.2, -0.15) is 0 Å². The Bertz CT molecular complexity index is 566. The molecule has 132 valence electrons. The summed E-state index contributed by atoms with van der Waals surface area (Å²) in [6, 6.07) is 0. The summed E-state index contributed by atoms with van der Waals surface area (Å²) in [6.07, 6.45) is 2.54. The van der Waals surface area contributed by atoms with Crippen molar-refractivity contribution in [2.75, 3.05) is 34.0 Å². The van der Waals surface area contributed by atoms with E-state index in [0.29, 0.717) is 26.1 Å². The molecule has 1 aliphatic heterocycles. The van der Waals surface area contributed by atoms with Crippen molar-refractivity contribution in [3.63, 3.8) is 0 Å². The van der Waals surface area contributed by atoms with E-state index < -0.39 is 17.8 Å². The van der Waals surface area contributed by atoms with E-state index in [1.165, 1.54) is 20.5 Å². The quantitative estimate of drug-likeness (QED) is 0.730.